The van der Waals surface area contributed by atoms with Crippen LogP contribution in [-0.4, -0.2) is 26.1 Å². The molecule has 1 amide bonds. The first-order valence-electron chi connectivity index (χ1n) is 6.35. The molecule has 0 aliphatic rings. The average molecular weight is 310 g/mol. The molecule has 0 aliphatic heterocycles. The molecule has 0 atom stereocenters. The van der Waals surface area contributed by atoms with Gasteiger partial charge < -0.3 is 5.32 Å². The summed E-state index contributed by atoms with van der Waals surface area (Å²) in [7, 11) is 0. The van der Waals surface area contributed by atoms with Gasteiger partial charge in [-0.25, -0.2) is 0 Å². The van der Waals surface area contributed by atoms with Crippen LogP contribution in [0.2, 0.25) is 0 Å². The van der Waals surface area contributed by atoms with E-state index >= 15 is 0 Å². The second-order valence-corrected chi connectivity index (χ2v) is 5.17. The monoisotopic (exact) mass is 310 g/mol. The summed E-state index contributed by atoms with van der Waals surface area (Å²) < 4.78 is 0. The van der Waals surface area contributed by atoms with Crippen LogP contribution in [0.4, 0.5) is 5.69 Å². The number of hydrogen-bond donors (Lipinski definition) is 1. The fourth-order valence-corrected chi connectivity index (χ4v) is 2.41. The standard InChI is InChI=1S/C14H10N6OS/c15-7-10-1-3-12(4-2-10)16-13(21)8-20-18-14(17-19-20)11-5-6-22-9-11/h1-6,9H,8H2,(H,16,21). The van der Waals surface area contributed by atoms with Crippen LogP contribution in [0, 0.1) is 11.3 Å². The highest BCUT2D eigenvalue weighted by atomic mass is 32.1. The number of nitriles is 1. The number of benzene rings is 1. The molecule has 3 rings (SSSR count). The molecule has 0 radical (unpaired) electrons. The predicted molar refractivity (Wildman–Crippen MR) is 80.9 cm³/mol. The Kier molecular flexibility index (Phi) is 3.89. The average Bonchev–Trinajstić information content (AvgIpc) is 3.19. The number of thiophene rings is 1. The van der Waals surface area contributed by atoms with E-state index in [1.165, 1.54) is 4.80 Å². The third kappa shape index (κ3) is 3.16. The molecule has 2 aromatic heterocycles. The molecule has 2 heterocycles. The maximum absolute atomic E-state index is 11.9. The summed E-state index contributed by atoms with van der Waals surface area (Å²) in [4.78, 5) is 13.2. The number of amides is 1. The largest absolute Gasteiger partial charge is 0.324 e. The van der Waals surface area contributed by atoms with E-state index < -0.39 is 0 Å². The Morgan fingerprint density at radius 2 is 2.14 bits per heavy atom. The third-order valence-electron chi connectivity index (χ3n) is 2.82. The molecule has 0 fully saturated rings. The molecule has 1 N–H and O–H groups in total. The van der Waals surface area contributed by atoms with Gasteiger partial charge in [-0.3, -0.25) is 4.79 Å². The molecular formula is C14H10N6OS. The van der Waals surface area contributed by atoms with Crippen molar-refractivity contribution in [1.29, 1.82) is 5.26 Å². The fourth-order valence-electron chi connectivity index (χ4n) is 1.77. The second kappa shape index (κ2) is 6.15. The highest BCUT2D eigenvalue weighted by Crippen LogP contribution is 2.16. The van der Waals surface area contributed by atoms with E-state index in [1.807, 2.05) is 22.9 Å². The maximum atomic E-state index is 11.9. The predicted octanol–water partition coefficient (Wildman–Crippen LogP) is 1.91. The topological polar surface area (TPSA) is 96.5 Å². The second-order valence-electron chi connectivity index (χ2n) is 4.39. The molecule has 0 saturated heterocycles. The number of carbonyl (C=O) groups is 1. The summed E-state index contributed by atoms with van der Waals surface area (Å²) in [6.07, 6.45) is 0. The number of nitrogens with one attached hydrogen (secondary N) is 1. The van der Waals surface area contributed by atoms with Crippen molar-refractivity contribution in [1.82, 2.24) is 20.2 Å². The van der Waals surface area contributed by atoms with Gasteiger partial charge in [-0.15, -0.1) is 10.2 Å². The number of nitrogens with zero attached hydrogens (tertiary/aromatic N) is 5. The van der Waals surface area contributed by atoms with Gasteiger partial charge in [-0.05, 0) is 40.9 Å². The van der Waals surface area contributed by atoms with Crippen molar-refractivity contribution in [2.45, 2.75) is 6.54 Å². The van der Waals surface area contributed by atoms with Crippen molar-refractivity contribution in [2.75, 3.05) is 5.32 Å². The summed E-state index contributed by atoms with van der Waals surface area (Å²) in [5.41, 5.74) is 2.03. The van der Waals surface area contributed by atoms with E-state index in [4.69, 9.17) is 5.26 Å². The maximum Gasteiger partial charge on any atom is 0.248 e. The fraction of sp³-hybridized carbons (Fsp3) is 0.0714. The molecule has 7 nitrogen and oxygen atoms in total. The Balaban J connectivity index is 1.63. The number of aromatic nitrogens is 4. The minimum absolute atomic E-state index is 0.0306. The van der Waals surface area contributed by atoms with Crippen LogP contribution in [0.5, 0.6) is 0 Å². The quantitative estimate of drug-likeness (QED) is 0.794. The van der Waals surface area contributed by atoms with E-state index in [-0.39, 0.29) is 12.5 Å². The number of hydrogen-bond acceptors (Lipinski definition) is 6. The summed E-state index contributed by atoms with van der Waals surface area (Å²) in [6, 6.07) is 10.5. The lowest BCUT2D eigenvalue weighted by molar-refractivity contribution is -0.117. The number of rotatable bonds is 4. The highest BCUT2D eigenvalue weighted by Gasteiger charge is 2.09. The smallest absolute Gasteiger partial charge is 0.248 e. The van der Waals surface area contributed by atoms with Crippen LogP contribution in [0.15, 0.2) is 41.1 Å². The first-order valence-corrected chi connectivity index (χ1v) is 7.29. The van der Waals surface area contributed by atoms with Gasteiger partial charge in [-0.2, -0.15) is 21.4 Å². The van der Waals surface area contributed by atoms with Gasteiger partial charge in [0, 0.05) is 16.6 Å². The van der Waals surface area contributed by atoms with Crippen molar-refractivity contribution < 1.29 is 4.79 Å². The molecule has 3 aromatic rings. The molecule has 0 spiro atoms. The van der Waals surface area contributed by atoms with Gasteiger partial charge in [-0.1, -0.05) is 0 Å². The lowest BCUT2D eigenvalue weighted by atomic mass is 10.2. The van der Waals surface area contributed by atoms with Gasteiger partial charge in [0.2, 0.25) is 11.7 Å². The summed E-state index contributed by atoms with van der Waals surface area (Å²) >= 11 is 1.54. The lowest BCUT2D eigenvalue weighted by Crippen LogP contribution is -2.20. The van der Waals surface area contributed by atoms with E-state index in [0.717, 1.165) is 5.56 Å². The molecule has 8 heteroatoms. The zero-order valence-corrected chi connectivity index (χ0v) is 12.1. The molecule has 108 valence electrons. The Morgan fingerprint density at radius 1 is 1.32 bits per heavy atom. The molecule has 0 aliphatic carbocycles. The van der Waals surface area contributed by atoms with E-state index in [0.29, 0.717) is 17.1 Å². The van der Waals surface area contributed by atoms with Crippen molar-refractivity contribution in [2.24, 2.45) is 0 Å². The van der Waals surface area contributed by atoms with Gasteiger partial charge >= 0.3 is 0 Å². The molecule has 0 saturated carbocycles. The van der Waals surface area contributed by atoms with E-state index in [9.17, 15) is 4.79 Å². The van der Waals surface area contributed by atoms with Crippen LogP contribution in [0.3, 0.4) is 0 Å². The minimum Gasteiger partial charge on any atom is -0.324 e. The van der Waals surface area contributed by atoms with E-state index in [1.54, 1.807) is 35.6 Å². The first kappa shape index (κ1) is 13.9. The zero-order valence-electron chi connectivity index (χ0n) is 11.3. The minimum atomic E-state index is -0.265. The number of tetrazole rings is 1. The van der Waals surface area contributed by atoms with Crippen LogP contribution in [-0.2, 0) is 11.3 Å². The van der Waals surface area contributed by atoms with E-state index in [2.05, 4.69) is 20.7 Å². The van der Waals surface area contributed by atoms with Crippen LogP contribution in [0.1, 0.15) is 5.56 Å². The number of anilines is 1. The Morgan fingerprint density at radius 3 is 2.82 bits per heavy atom. The molecule has 1 aromatic carbocycles. The normalized spacial score (nSPS) is 10.1. The number of carbonyl (C=O) groups excluding carboxylic acids is 1. The summed E-state index contributed by atoms with van der Waals surface area (Å²) in [6.45, 7) is -0.0306. The van der Waals surface area contributed by atoms with Gasteiger partial charge in [0.05, 0.1) is 11.6 Å². The Bertz CT molecular complexity index is 816. The summed E-state index contributed by atoms with van der Waals surface area (Å²) in [5, 5.41) is 27.2. The SMILES string of the molecule is N#Cc1ccc(NC(=O)Cn2nnc(-c3ccsc3)n2)cc1. The first-order chi connectivity index (χ1) is 10.7. The Hall–Kier alpha value is -3.05. The van der Waals surface area contributed by atoms with Crippen LogP contribution >= 0.6 is 11.3 Å². The zero-order chi connectivity index (χ0) is 15.4. The third-order valence-corrected chi connectivity index (χ3v) is 3.50. The molecular weight excluding hydrogens is 300 g/mol. The van der Waals surface area contributed by atoms with Gasteiger partial charge in [0.25, 0.3) is 0 Å². The van der Waals surface area contributed by atoms with Gasteiger partial charge in [0.15, 0.2) is 0 Å². The van der Waals surface area contributed by atoms with Gasteiger partial charge in [0.1, 0.15) is 6.54 Å². The van der Waals surface area contributed by atoms with Crippen LogP contribution < -0.4 is 5.32 Å². The van der Waals surface area contributed by atoms with Crippen molar-refractivity contribution in [3.05, 3.63) is 46.7 Å². The van der Waals surface area contributed by atoms with Crippen LogP contribution in [0.25, 0.3) is 11.4 Å². The molecule has 0 unspecified atom stereocenters. The molecule has 22 heavy (non-hydrogen) atoms. The highest BCUT2D eigenvalue weighted by molar-refractivity contribution is 7.08. The lowest BCUT2D eigenvalue weighted by Gasteiger charge is -2.03. The van der Waals surface area contributed by atoms with Crippen molar-refractivity contribution >= 4 is 22.9 Å². The van der Waals surface area contributed by atoms with Crippen molar-refractivity contribution in [3.8, 4) is 17.5 Å². The Labute approximate surface area is 129 Å². The molecule has 0 bridgehead atoms. The van der Waals surface area contributed by atoms with Crippen molar-refractivity contribution in [3.63, 3.8) is 0 Å². The summed E-state index contributed by atoms with van der Waals surface area (Å²) in [5.74, 6) is 0.228.